The molecule has 0 heterocycles. The second kappa shape index (κ2) is 11.8. The predicted molar refractivity (Wildman–Crippen MR) is 179 cm³/mol. The third-order valence-electron chi connectivity index (χ3n) is 7.50. The lowest BCUT2D eigenvalue weighted by atomic mass is 10.0. The molecule has 0 bridgehead atoms. The predicted octanol–water partition coefficient (Wildman–Crippen LogP) is 7.61. The van der Waals surface area contributed by atoms with Gasteiger partial charge in [0.2, 0.25) is 0 Å². The zero-order chi connectivity index (χ0) is 34.6. The summed E-state index contributed by atoms with van der Waals surface area (Å²) < 4.78 is 102. The number of benzene rings is 6. The summed E-state index contributed by atoms with van der Waals surface area (Å²) in [6.45, 7) is 1.91. The van der Waals surface area contributed by atoms with E-state index in [1.165, 1.54) is 36.4 Å². The molecule has 0 unspecified atom stereocenters. The fraction of sp³-hybridized carbons (Fsp3) is 0.0323. The minimum absolute atomic E-state index is 0.135. The van der Waals surface area contributed by atoms with Gasteiger partial charge >= 0.3 is 0 Å². The van der Waals surface area contributed by atoms with Crippen LogP contribution in [-0.4, -0.2) is 38.9 Å². The Bertz CT molecular complexity index is 2720. The molecule has 5 N–H and O–H groups in total. The fourth-order valence-electron chi connectivity index (χ4n) is 5.35. The molecular weight excluding hydrogens is 683 g/mol. The minimum atomic E-state index is -4.89. The van der Waals surface area contributed by atoms with Crippen molar-refractivity contribution in [3.63, 3.8) is 0 Å². The Balaban J connectivity index is 1.51. The van der Waals surface area contributed by atoms with Crippen LogP contribution in [0.15, 0.2) is 126 Å². The van der Waals surface area contributed by atoms with E-state index in [0.717, 1.165) is 40.6 Å². The minimum Gasteiger partial charge on any atom is -0.398 e. The van der Waals surface area contributed by atoms with Gasteiger partial charge in [-0.2, -0.15) is 30.4 Å². The SMILES string of the molecule is Cc1cccc2c(N=Nc3ccc(N=Nc4cc(S(=O)(=O)O)c5cccc(S(=O)(=O)O)c5c4)c4ccc(S(=O)(=O)O)cc34)ccc(N)c12. The number of rotatable bonds is 7. The Morgan fingerprint density at radius 2 is 1.10 bits per heavy atom. The monoisotopic (exact) mass is 705 g/mol. The highest BCUT2D eigenvalue weighted by Gasteiger charge is 2.21. The van der Waals surface area contributed by atoms with E-state index in [4.69, 9.17) is 5.73 Å². The topological polar surface area (TPSA) is 239 Å². The van der Waals surface area contributed by atoms with Gasteiger partial charge in [0.05, 0.1) is 27.6 Å². The lowest BCUT2D eigenvalue weighted by Gasteiger charge is -2.09. The van der Waals surface area contributed by atoms with E-state index in [1.54, 1.807) is 12.1 Å². The number of nitrogens with zero attached hydrogens (tertiary/aromatic N) is 4. The fourth-order valence-corrected chi connectivity index (χ4v) is 7.28. The average Bonchev–Trinajstić information content (AvgIpc) is 3.01. The van der Waals surface area contributed by atoms with Crippen molar-refractivity contribution in [3.05, 3.63) is 96.6 Å². The summed E-state index contributed by atoms with van der Waals surface area (Å²) in [4.78, 5) is -1.73. The molecule has 0 aliphatic rings. The molecule has 14 nitrogen and oxygen atoms in total. The molecule has 6 aromatic rings. The largest absolute Gasteiger partial charge is 0.398 e. The first-order valence-electron chi connectivity index (χ1n) is 13.7. The first-order chi connectivity index (χ1) is 22.5. The number of anilines is 1. The van der Waals surface area contributed by atoms with Crippen LogP contribution in [-0.2, 0) is 30.4 Å². The van der Waals surface area contributed by atoms with Crippen LogP contribution in [0.4, 0.5) is 28.4 Å². The highest BCUT2D eigenvalue weighted by atomic mass is 32.2. The van der Waals surface area contributed by atoms with Gasteiger partial charge in [-0.1, -0.05) is 36.4 Å². The average molecular weight is 706 g/mol. The summed E-state index contributed by atoms with van der Waals surface area (Å²) in [6.07, 6.45) is 0. The van der Waals surface area contributed by atoms with Gasteiger partial charge in [-0.3, -0.25) is 13.7 Å². The molecule has 0 radical (unpaired) electrons. The van der Waals surface area contributed by atoms with Gasteiger partial charge in [0.1, 0.15) is 9.79 Å². The van der Waals surface area contributed by atoms with Crippen LogP contribution in [0.3, 0.4) is 0 Å². The van der Waals surface area contributed by atoms with Gasteiger partial charge in [0.15, 0.2) is 0 Å². The Morgan fingerprint density at radius 3 is 1.77 bits per heavy atom. The van der Waals surface area contributed by atoms with E-state index in [1.807, 2.05) is 25.1 Å². The Morgan fingerprint density at radius 1 is 0.521 bits per heavy atom. The summed E-state index contributed by atoms with van der Waals surface area (Å²) in [5, 5.41) is 18.6. The molecule has 0 aromatic heterocycles. The molecule has 6 aromatic carbocycles. The smallest absolute Gasteiger partial charge is 0.295 e. The maximum Gasteiger partial charge on any atom is 0.295 e. The van der Waals surface area contributed by atoms with Gasteiger partial charge in [-0.05, 0) is 67.1 Å². The molecule has 48 heavy (non-hydrogen) atoms. The molecule has 244 valence electrons. The second-order valence-corrected chi connectivity index (χ2v) is 14.8. The first-order valence-corrected chi connectivity index (χ1v) is 18.0. The molecule has 0 fully saturated rings. The zero-order valence-electron chi connectivity index (χ0n) is 24.5. The van der Waals surface area contributed by atoms with Gasteiger partial charge in [-0.25, -0.2) is 0 Å². The maximum absolute atomic E-state index is 12.2. The normalized spacial score (nSPS) is 13.0. The van der Waals surface area contributed by atoms with Crippen molar-refractivity contribution in [2.24, 2.45) is 20.5 Å². The van der Waals surface area contributed by atoms with Crippen molar-refractivity contribution < 1.29 is 38.9 Å². The van der Waals surface area contributed by atoms with Crippen molar-refractivity contribution in [3.8, 4) is 0 Å². The molecule has 0 saturated heterocycles. The van der Waals surface area contributed by atoms with Crippen molar-refractivity contribution in [1.29, 1.82) is 0 Å². The number of azo groups is 2. The summed E-state index contributed by atoms with van der Waals surface area (Å²) in [6, 6.07) is 21.2. The number of nitrogens with two attached hydrogens (primary N) is 1. The van der Waals surface area contributed by atoms with Crippen LogP contribution >= 0.6 is 0 Å². The number of nitrogen functional groups attached to an aromatic ring is 1. The van der Waals surface area contributed by atoms with Crippen LogP contribution in [0.1, 0.15) is 5.56 Å². The third-order valence-corrected chi connectivity index (χ3v) is 10.2. The van der Waals surface area contributed by atoms with E-state index in [-0.39, 0.29) is 33.2 Å². The summed E-state index contributed by atoms with van der Waals surface area (Å²) in [5.74, 6) is 0. The first kappa shape index (κ1) is 32.8. The standard InChI is InChI=1S/C31H23N5O9S3/c1-17-4-2-6-22-27(11-10-25(32)31(17)22)35-36-28-13-12-26(20-9-8-19(16-23(20)28)46(37,38)39)34-33-18-14-24-21(30(15-18)48(43,44)45)5-3-7-29(24)47(40,41)42/h2-16H,32H2,1H3,(H,37,38,39)(H,40,41,42)(H,43,44,45). The van der Waals surface area contributed by atoms with Crippen LogP contribution in [0.5, 0.6) is 0 Å². The van der Waals surface area contributed by atoms with E-state index >= 15 is 0 Å². The third kappa shape index (κ3) is 6.25. The summed E-state index contributed by atoms with van der Waals surface area (Å²) >= 11 is 0. The van der Waals surface area contributed by atoms with Crippen LogP contribution in [0.2, 0.25) is 0 Å². The Kier molecular flexibility index (Phi) is 8.06. The Labute approximate surface area is 273 Å². The van der Waals surface area contributed by atoms with Gasteiger partial charge in [0, 0.05) is 38.0 Å². The van der Waals surface area contributed by atoms with Crippen LogP contribution in [0.25, 0.3) is 32.3 Å². The van der Waals surface area contributed by atoms with Gasteiger partial charge in [-0.15, -0.1) is 15.3 Å². The summed E-state index contributed by atoms with van der Waals surface area (Å²) in [7, 11) is -14.3. The van der Waals surface area contributed by atoms with Crippen LogP contribution < -0.4 is 5.73 Å². The van der Waals surface area contributed by atoms with Gasteiger partial charge in [0.25, 0.3) is 30.4 Å². The van der Waals surface area contributed by atoms with Crippen molar-refractivity contribution >= 4 is 91.1 Å². The molecule has 0 spiro atoms. The molecule has 0 atom stereocenters. The van der Waals surface area contributed by atoms with Crippen LogP contribution in [0, 0.1) is 6.92 Å². The molecule has 0 aliphatic carbocycles. The number of hydrogen-bond acceptors (Lipinski definition) is 11. The van der Waals surface area contributed by atoms with E-state index in [2.05, 4.69) is 20.5 Å². The van der Waals surface area contributed by atoms with Crippen molar-refractivity contribution in [1.82, 2.24) is 0 Å². The quantitative estimate of drug-likeness (QED) is 0.0720. The number of hydrogen-bond donors (Lipinski definition) is 4. The van der Waals surface area contributed by atoms with E-state index in [9.17, 15) is 38.9 Å². The van der Waals surface area contributed by atoms with Crippen molar-refractivity contribution in [2.45, 2.75) is 21.6 Å². The zero-order valence-corrected chi connectivity index (χ0v) is 27.0. The molecule has 0 aliphatic heterocycles. The maximum atomic E-state index is 12.2. The van der Waals surface area contributed by atoms with Crippen molar-refractivity contribution in [2.75, 3.05) is 5.73 Å². The lowest BCUT2D eigenvalue weighted by molar-refractivity contribution is 0.481. The summed E-state index contributed by atoms with van der Waals surface area (Å²) in [5.41, 5.74) is 8.29. The van der Waals surface area contributed by atoms with E-state index in [0.29, 0.717) is 16.8 Å². The lowest BCUT2D eigenvalue weighted by Crippen LogP contribution is -2.03. The molecule has 6 rings (SSSR count). The van der Waals surface area contributed by atoms with E-state index < -0.39 is 45.0 Å². The molecule has 0 amide bonds. The van der Waals surface area contributed by atoms with Gasteiger partial charge < -0.3 is 5.73 Å². The highest BCUT2D eigenvalue weighted by Crippen LogP contribution is 2.39. The number of fused-ring (bicyclic) bond motifs is 3. The molecule has 17 heteroatoms. The highest BCUT2D eigenvalue weighted by molar-refractivity contribution is 7.86. The Hall–Kier alpha value is -5.17. The molecule has 0 saturated carbocycles. The second-order valence-electron chi connectivity index (χ2n) is 10.6. The molecular formula is C31H23N5O9S3. The number of aryl methyl sites for hydroxylation is 1.